The van der Waals surface area contributed by atoms with Crippen molar-refractivity contribution in [2.75, 3.05) is 19.6 Å². The first-order valence-electron chi connectivity index (χ1n) is 7.91. The highest BCUT2D eigenvalue weighted by atomic mass is 16.3. The van der Waals surface area contributed by atoms with E-state index in [0.29, 0.717) is 13.0 Å². The average molecular weight is 298 g/mol. The predicted octanol–water partition coefficient (Wildman–Crippen LogP) is 2.78. The van der Waals surface area contributed by atoms with Gasteiger partial charge in [-0.05, 0) is 43.6 Å². The van der Waals surface area contributed by atoms with Crippen molar-refractivity contribution in [3.8, 4) is 0 Å². The maximum absolute atomic E-state index is 12.1. The van der Waals surface area contributed by atoms with Gasteiger partial charge in [0.2, 0.25) is 5.91 Å². The van der Waals surface area contributed by atoms with Crippen LogP contribution < -0.4 is 5.32 Å². The third-order valence-corrected chi connectivity index (χ3v) is 4.15. The molecular weight excluding hydrogens is 276 g/mol. The molecule has 1 amide bonds. The predicted molar refractivity (Wildman–Crippen MR) is 85.4 cm³/mol. The number of carbonyl (C=O) groups is 1. The molecule has 1 N–H and O–H groups in total. The van der Waals surface area contributed by atoms with E-state index in [0.717, 1.165) is 24.4 Å². The van der Waals surface area contributed by atoms with E-state index in [9.17, 15) is 4.79 Å². The Labute approximate surface area is 131 Å². The molecule has 1 aromatic heterocycles. The summed E-state index contributed by atoms with van der Waals surface area (Å²) in [4.78, 5) is 14.5. The molecule has 0 bridgehead atoms. The van der Waals surface area contributed by atoms with Crippen LogP contribution >= 0.6 is 0 Å². The van der Waals surface area contributed by atoms with Gasteiger partial charge in [-0.25, -0.2) is 0 Å². The molecule has 116 valence electrons. The van der Waals surface area contributed by atoms with Crippen LogP contribution in [0, 0.1) is 0 Å². The molecule has 1 saturated heterocycles. The number of furan rings is 1. The van der Waals surface area contributed by atoms with Gasteiger partial charge >= 0.3 is 0 Å². The number of benzene rings is 1. The van der Waals surface area contributed by atoms with E-state index in [-0.39, 0.29) is 11.9 Å². The van der Waals surface area contributed by atoms with Crippen LogP contribution in [0.3, 0.4) is 0 Å². The van der Waals surface area contributed by atoms with Crippen LogP contribution in [-0.4, -0.2) is 30.4 Å². The molecule has 1 atom stereocenters. The van der Waals surface area contributed by atoms with Crippen molar-refractivity contribution in [3.05, 3.63) is 60.1 Å². The Hall–Kier alpha value is -2.07. The molecule has 1 fully saturated rings. The van der Waals surface area contributed by atoms with Gasteiger partial charge in [0.1, 0.15) is 5.76 Å². The Kier molecular flexibility index (Phi) is 4.91. The lowest BCUT2D eigenvalue weighted by molar-refractivity contribution is -0.120. The number of rotatable bonds is 6. The van der Waals surface area contributed by atoms with E-state index in [1.807, 2.05) is 42.5 Å². The van der Waals surface area contributed by atoms with Gasteiger partial charge in [-0.15, -0.1) is 0 Å². The van der Waals surface area contributed by atoms with E-state index in [1.54, 1.807) is 6.26 Å². The number of likely N-dealkylation sites (tertiary alicyclic amines) is 1. The molecule has 22 heavy (non-hydrogen) atoms. The molecular formula is C18H22N2O2. The molecule has 4 heteroatoms. The van der Waals surface area contributed by atoms with Crippen LogP contribution in [0.2, 0.25) is 0 Å². The smallest absolute Gasteiger partial charge is 0.224 e. The highest BCUT2D eigenvalue weighted by Gasteiger charge is 2.25. The first kappa shape index (κ1) is 14.9. The monoisotopic (exact) mass is 298 g/mol. The topological polar surface area (TPSA) is 45.5 Å². The molecule has 0 aliphatic carbocycles. The zero-order valence-electron chi connectivity index (χ0n) is 12.7. The highest BCUT2D eigenvalue weighted by molar-refractivity contribution is 5.78. The third kappa shape index (κ3) is 3.77. The van der Waals surface area contributed by atoms with Crippen molar-refractivity contribution < 1.29 is 9.21 Å². The zero-order chi connectivity index (χ0) is 15.2. The van der Waals surface area contributed by atoms with Gasteiger partial charge in [-0.1, -0.05) is 30.3 Å². The van der Waals surface area contributed by atoms with Crippen LogP contribution in [0.4, 0.5) is 0 Å². The van der Waals surface area contributed by atoms with Gasteiger partial charge in [0, 0.05) is 6.54 Å². The Bertz CT molecular complexity index is 574. The molecule has 0 spiro atoms. The van der Waals surface area contributed by atoms with E-state index >= 15 is 0 Å². The SMILES string of the molecule is O=C(Cc1ccccc1)NCC(c1ccco1)N1CCCC1. The molecule has 1 aliphatic heterocycles. The Morgan fingerprint density at radius 1 is 1.14 bits per heavy atom. The number of nitrogens with zero attached hydrogens (tertiary/aromatic N) is 1. The fraction of sp³-hybridized carbons (Fsp3) is 0.389. The zero-order valence-corrected chi connectivity index (χ0v) is 12.7. The van der Waals surface area contributed by atoms with Crippen molar-refractivity contribution >= 4 is 5.91 Å². The van der Waals surface area contributed by atoms with Crippen molar-refractivity contribution in [1.29, 1.82) is 0 Å². The molecule has 0 radical (unpaired) electrons. The van der Waals surface area contributed by atoms with Gasteiger partial charge in [0.25, 0.3) is 0 Å². The van der Waals surface area contributed by atoms with E-state index in [4.69, 9.17) is 4.42 Å². The Balaban J connectivity index is 1.58. The molecule has 2 heterocycles. The van der Waals surface area contributed by atoms with Gasteiger partial charge in [-0.3, -0.25) is 9.69 Å². The summed E-state index contributed by atoms with van der Waals surface area (Å²) < 4.78 is 5.57. The quantitative estimate of drug-likeness (QED) is 0.892. The largest absolute Gasteiger partial charge is 0.468 e. The normalized spacial score (nSPS) is 16.5. The second kappa shape index (κ2) is 7.27. The van der Waals surface area contributed by atoms with Crippen molar-refractivity contribution in [1.82, 2.24) is 10.2 Å². The van der Waals surface area contributed by atoms with Crippen LogP contribution in [0.25, 0.3) is 0 Å². The lowest BCUT2D eigenvalue weighted by atomic mass is 10.1. The minimum atomic E-state index is 0.0574. The molecule has 1 unspecified atom stereocenters. The average Bonchev–Trinajstić information content (AvgIpc) is 3.22. The summed E-state index contributed by atoms with van der Waals surface area (Å²) in [7, 11) is 0. The Morgan fingerprint density at radius 2 is 1.91 bits per heavy atom. The summed E-state index contributed by atoms with van der Waals surface area (Å²) in [6, 6.07) is 13.9. The lowest BCUT2D eigenvalue weighted by Crippen LogP contribution is -2.37. The van der Waals surface area contributed by atoms with E-state index in [2.05, 4.69) is 10.2 Å². The first-order valence-corrected chi connectivity index (χ1v) is 7.91. The minimum Gasteiger partial charge on any atom is -0.468 e. The summed E-state index contributed by atoms with van der Waals surface area (Å²) in [6.45, 7) is 2.74. The molecule has 1 aromatic carbocycles. The second-order valence-corrected chi connectivity index (χ2v) is 5.74. The lowest BCUT2D eigenvalue weighted by Gasteiger charge is -2.26. The van der Waals surface area contributed by atoms with Crippen molar-refractivity contribution in [2.24, 2.45) is 0 Å². The number of hydrogen-bond donors (Lipinski definition) is 1. The number of amides is 1. The van der Waals surface area contributed by atoms with Crippen molar-refractivity contribution in [2.45, 2.75) is 25.3 Å². The van der Waals surface area contributed by atoms with Gasteiger partial charge in [-0.2, -0.15) is 0 Å². The first-order chi connectivity index (χ1) is 10.8. The molecule has 1 aliphatic rings. The van der Waals surface area contributed by atoms with Crippen LogP contribution in [0.5, 0.6) is 0 Å². The molecule has 4 nitrogen and oxygen atoms in total. The number of nitrogens with one attached hydrogen (secondary N) is 1. The van der Waals surface area contributed by atoms with Gasteiger partial charge < -0.3 is 9.73 Å². The Morgan fingerprint density at radius 3 is 2.59 bits per heavy atom. The molecule has 2 aromatic rings. The maximum atomic E-state index is 12.1. The fourth-order valence-electron chi connectivity index (χ4n) is 3.00. The third-order valence-electron chi connectivity index (χ3n) is 4.15. The summed E-state index contributed by atoms with van der Waals surface area (Å²) >= 11 is 0. The number of carbonyl (C=O) groups excluding carboxylic acids is 1. The van der Waals surface area contributed by atoms with Crippen LogP contribution in [0.1, 0.15) is 30.2 Å². The summed E-state index contributed by atoms with van der Waals surface area (Å²) in [6.07, 6.45) is 4.56. The number of hydrogen-bond acceptors (Lipinski definition) is 3. The molecule has 0 saturated carbocycles. The maximum Gasteiger partial charge on any atom is 0.224 e. The summed E-state index contributed by atoms with van der Waals surface area (Å²) in [5.74, 6) is 0.990. The van der Waals surface area contributed by atoms with Gasteiger partial charge in [0.15, 0.2) is 0 Å². The van der Waals surface area contributed by atoms with Crippen LogP contribution in [0.15, 0.2) is 53.1 Å². The van der Waals surface area contributed by atoms with Gasteiger partial charge in [0.05, 0.1) is 18.7 Å². The van der Waals surface area contributed by atoms with E-state index < -0.39 is 0 Å². The van der Waals surface area contributed by atoms with Crippen molar-refractivity contribution in [3.63, 3.8) is 0 Å². The summed E-state index contributed by atoms with van der Waals surface area (Å²) in [5, 5.41) is 3.06. The highest BCUT2D eigenvalue weighted by Crippen LogP contribution is 2.24. The molecule has 3 rings (SSSR count). The minimum absolute atomic E-state index is 0.0574. The fourth-order valence-corrected chi connectivity index (χ4v) is 3.00. The standard InChI is InChI=1S/C18H22N2O2/c21-18(13-15-7-2-1-3-8-15)19-14-16(17-9-6-12-22-17)20-10-4-5-11-20/h1-3,6-9,12,16H,4-5,10-11,13-14H2,(H,19,21). The second-order valence-electron chi connectivity index (χ2n) is 5.74. The van der Waals surface area contributed by atoms with E-state index in [1.165, 1.54) is 12.8 Å². The summed E-state index contributed by atoms with van der Waals surface area (Å²) in [5.41, 5.74) is 1.04. The van der Waals surface area contributed by atoms with Crippen LogP contribution in [-0.2, 0) is 11.2 Å².